The van der Waals surface area contributed by atoms with Crippen molar-refractivity contribution in [3.05, 3.63) is 107 Å². The molecule has 2 unspecified atom stereocenters. The van der Waals surface area contributed by atoms with E-state index >= 15 is 0 Å². The van der Waals surface area contributed by atoms with Gasteiger partial charge in [0.15, 0.2) is 5.76 Å². The minimum Gasteiger partial charge on any atom is -0.379 e. The van der Waals surface area contributed by atoms with Crippen LogP contribution in [0, 0.1) is 5.82 Å². The van der Waals surface area contributed by atoms with Gasteiger partial charge in [0.25, 0.3) is 0 Å². The van der Waals surface area contributed by atoms with Gasteiger partial charge in [0.1, 0.15) is 18.0 Å². The molecule has 30 heavy (non-hydrogen) atoms. The Kier molecular flexibility index (Phi) is 6.74. The lowest BCUT2D eigenvalue weighted by Gasteiger charge is -2.29. The minimum absolute atomic E-state index is 0.219. The SMILES string of the molecule is CCOCC1C=C2CC(C(OCc3ccc(F)cc3)c3ccccc3)=CC=C2OO1. The van der Waals surface area contributed by atoms with Gasteiger partial charge in [0, 0.05) is 18.6 Å². The highest BCUT2D eigenvalue weighted by Crippen LogP contribution is 2.38. The molecule has 0 saturated carbocycles. The number of allylic oxidation sites excluding steroid dienone is 3. The van der Waals surface area contributed by atoms with Crippen molar-refractivity contribution in [1.29, 1.82) is 0 Å². The highest BCUT2D eigenvalue weighted by atomic mass is 19.1. The summed E-state index contributed by atoms with van der Waals surface area (Å²) in [6.45, 7) is 3.42. The average Bonchev–Trinajstić information content (AvgIpc) is 2.79. The van der Waals surface area contributed by atoms with Gasteiger partial charge in [-0.15, -0.1) is 0 Å². The Morgan fingerprint density at radius 1 is 1.07 bits per heavy atom. The molecule has 1 aliphatic heterocycles. The quantitative estimate of drug-likeness (QED) is 0.534. The number of hydrogen-bond donors (Lipinski definition) is 0. The molecular weight excluding hydrogens is 383 g/mol. The molecule has 4 rings (SSSR count). The Balaban J connectivity index is 1.54. The third kappa shape index (κ3) is 5.05. The lowest BCUT2D eigenvalue weighted by atomic mass is 9.90. The molecule has 4 nitrogen and oxygen atoms in total. The van der Waals surface area contributed by atoms with E-state index in [1.807, 2.05) is 37.3 Å². The third-order valence-electron chi connectivity index (χ3n) is 5.06. The minimum atomic E-state index is -0.251. The van der Waals surface area contributed by atoms with Gasteiger partial charge >= 0.3 is 0 Å². The van der Waals surface area contributed by atoms with Crippen molar-refractivity contribution < 1.29 is 23.6 Å². The first-order valence-electron chi connectivity index (χ1n) is 10.2. The summed E-state index contributed by atoms with van der Waals surface area (Å²) in [6, 6.07) is 16.5. The van der Waals surface area contributed by atoms with E-state index < -0.39 is 0 Å². The average molecular weight is 408 g/mol. The maximum atomic E-state index is 13.2. The summed E-state index contributed by atoms with van der Waals surface area (Å²) in [5.74, 6) is 0.468. The van der Waals surface area contributed by atoms with Crippen LogP contribution in [-0.2, 0) is 25.9 Å². The number of ether oxygens (including phenoxy) is 2. The predicted molar refractivity (Wildman–Crippen MR) is 112 cm³/mol. The van der Waals surface area contributed by atoms with Crippen molar-refractivity contribution in [2.45, 2.75) is 32.2 Å². The van der Waals surface area contributed by atoms with E-state index in [1.165, 1.54) is 12.1 Å². The van der Waals surface area contributed by atoms with Crippen LogP contribution in [0.3, 0.4) is 0 Å². The second-order valence-corrected chi connectivity index (χ2v) is 7.25. The largest absolute Gasteiger partial charge is 0.379 e. The zero-order valence-electron chi connectivity index (χ0n) is 16.9. The van der Waals surface area contributed by atoms with Gasteiger partial charge in [-0.05, 0) is 47.9 Å². The number of rotatable bonds is 8. The van der Waals surface area contributed by atoms with Crippen LogP contribution in [0.5, 0.6) is 0 Å². The first-order valence-corrected chi connectivity index (χ1v) is 10.2. The molecule has 0 spiro atoms. The van der Waals surface area contributed by atoms with E-state index in [0.717, 1.165) is 28.0 Å². The van der Waals surface area contributed by atoms with Gasteiger partial charge in [-0.1, -0.05) is 48.5 Å². The Bertz CT molecular complexity index is 931. The molecule has 2 aliphatic rings. The first-order chi connectivity index (χ1) is 14.7. The third-order valence-corrected chi connectivity index (χ3v) is 5.06. The summed E-state index contributed by atoms with van der Waals surface area (Å²) < 4.78 is 25.0. The van der Waals surface area contributed by atoms with Crippen molar-refractivity contribution in [1.82, 2.24) is 0 Å². The first kappa shape index (κ1) is 20.5. The fraction of sp³-hybridized carbons (Fsp3) is 0.280. The monoisotopic (exact) mass is 408 g/mol. The van der Waals surface area contributed by atoms with Crippen LogP contribution in [0.4, 0.5) is 4.39 Å². The van der Waals surface area contributed by atoms with Crippen molar-refractivity contribution in [2.75, 3.05) is 13.2 Å². The van der Waals surface area contributed by atoms with Crippen LogP contribution in [0.1, 0.15) is 30.6 Å². The van der Waals surface area contributed by atoms with Crippen LogP contribution in [-0.4, -0.2) is 19.3 Å². The summed E-state index contributed by atoms with van der Waals surface area (Å²) in [7, 11) is 0. The molecule has 5 heteroatoms. The molecule has 2 aromatic rings. The Labute approximate surface area is 176 Å². The summed E-state index contributed by atoms with van der Waals surface area (Å²) >= 11 is 0. The predicted octanol–water partition coefficient (Wildman–Crippen LogP) is 5.59. The molecule has 0 bridgehead atoms. The number of halogens is 1. The van der Waals surface area contributed by atoms with Crippen LogP contribution in [0.15, 0.2) is 89.7 Å². The van der Waals surface area contributed by atoms with Crippen LogP contribution in [0.25, 0.3) is 0 Å². The molecule has 0 aromatic heterocycles. The van der Waals surface area contributed by atoms with E-state index in [2.05, 4.69) is 18.2 Å². The van der Waals surface area contributed by atoms with Gasteiger partial charge in [0.05, 0.1) is 13.2 Å². The maximum Gasteiger partial charge on any atom is 0.168 e. The highest BCUT2D eigenvalue weighted by Gasteiger charge is 2.27. The molecule has 0 saturated heterocycles. The smallest absolute Gasteiger partial charge is 0.168 e. The molecule has 2 aromatic carbocycles. The molecule has 0 amide bonds. The van der Waals surface area contributed by atoms with Gasteiger partial charge in [-0.25, -0.2) is 4.39 Å². The maximum absolute atomic E-state index is 13.2. The summed E-state index contributed by atoms with van der Waals surface area (Å²) in [5, 5.41) is 0. The molecule has 1 heterocycles. The van der Waals surface area contributed by atoms with Gasteiger partial charge in [0.2, 0.25) is 0 Å². The Morgan fingerprint density at radius 2 is 1.87 bits per heavy atom. The molecule has 0 N–H and O–H groups in total. The summed E-state index contributed by atoms with van der Waals surface area (Å²) in [6.07, 6.45) is 6.25. The second kappa shape index (κ2) is 9.85. The van der Waals surface area contributed by atoms with Crippen LogP contribution in [0.2, 0.25) is 0 Å². The summed E-state index contributed by atoms with van der Waals surface area (Å²) in [5.41, 5.74) is 4.19. The van der Waals surface area contributed by atoms with E-state index in [0.29, 0.717) is 26.2 Å². The van der Waals surface area contributed by atoms with E-state index in [9.17, 15) is 4.39 Å². The van der Waals surface area contributed by atoms with Gasteiger partial charge in [-0.2, -0.15) is 4.89 Å². The zero-order valence-corrected chi connectivity index (χ0v) is 16.9. The van der Waals surface area contributed by atoms with Gasteiger partial charge < -0.3 is 14.4 Å². The van der Waals surface area contributed by atoms with E-state index in [-0.39, 0.29) is 18.0 Å². The van der Waals surface area contributed by atoms with Crippen molar-refractivity contribution in [3.63, 3.8) is 0 Å². The van der Waals surface area contributed by atoms with E-state index in [4.69, 9.17) is 19.2 Å². The number of benzene rings is 2. The van der Waals surface area contributed by atoms with Crippen LogP contribution < -0.4 is 0 Å². The Morgan fingerprint density at radius 3 is 2.63 bits per heavy atom. The molecule has 156 valence electrons. The number of hydrogen-bond acceptors (Lipinski definition) is 4. The lowest BCUT2D eigenvalue weighted by Crippen LogP contribution is -2.24. The molecule has 2 atom stereocenters. The standard InChI is InChI=1S/C25H25FO4/c1-2-27-17-23-15-21-14-20(10-13-24(21)30-29-23)25(19-6-4-3-5-7-19)28-16-18-8-11-22(26)12-9-18/h3-13,15,23,25H,2,14,16-17H2,1H3. The van der Waals surface area contributed by atoms with Gasteiger partial charge in [-0.3, -0.25) is 0 Å². The fourth-order valence-electron chi connectivity index (χ4n) is 3.54. The summed E-state index contributed by atoms with van der Waals surface area (Å²) in [4.78, 5) is 10.8. The molecule has 1 aliphatic carbocycles. The fourth-order valence-corrected chi connectivity index (χ4v) is 3.54. The van der Waals surface area contributed by atoms with Crippen molar-refractivity contribution in [2.24, 2.45) is 0 Å². The molecule has 0 radical (unpaired) electrons. The van der Waals surface area contributed by atoms with Crippen molar-refractivity contribution >= 4 is 0 Å². The highest BCUT2D eigenvalue weighted by molar-refractivity contribution is 5.43. The molecular formula is C25H25FO4. The van der Waals surface area contributed by atoms with Crippen molar-refractivity contribution in [3.8, 4) is 0 Å². The number of fused-ring (bicyclic) bond motifs is 1. The van der Waals surface area contributed by atoms with E-state index in [1.54, 1.807) is 12.1 Å². The Hall–Kier alpha value is -2.73. The lowest BCUT2D eigenvalue weighted by molar-refractivity contribution is -0.294. The molecule has 0 fully saturated rings. The zero-order chi connectivity index (χ0) is 20.8. The second-order valence-electron chi connectivity index (χ2n) is 7.25. The van der Waals surface area contributed by atoms with Crippen LogP contribution >= 0.6 is 0 Å². The normalized spacial score (nSPS) is 19.1. The topological polar surface area (TPSA) is 36.9 Å².